The number of aliphatic hydroxyl groups excluding tert-OH is 10. The van der Waals surface area contributed by atoms with Crippen molar-refractivity contribution in [2.75, 3.05) is 13.2 Å². The van der Waals surface area contributed by atoms with Crippen LogP contribution in [0.3, 0.4) is 0 Å². The Kier molecular flexibility index (Phi) is 12.9. The van der Waals surface area contributed by atoms with E-state index >= 15 is 0 Å². The van der Waals surface area contributed by atoms with Gasteiger partial charge in [0.25, 0.3) is 0 Å². The smallest absolute Gasteiger partial charge is 0.317 e. The van der Waals surface area contributed by atoms with Crippen LogP contribution in [0.5, 0.6) is 0 Å². The van der Waals surface area contributed by atoms with Gasteiger partial charge in [-0.1, -0.05) is 0 Å². The van der Waals surface area contributed by atoms with E-state index in [1.165, 1.54) is 0 Å². The third kappa shape index (κ3) is 8.70. The van der Waals surface area contributed by atoms with Gasteiger partial charge in [0.05, 0.1) is 49.3 Å². The summed E-state index contributed by atoms with van der Waals surface area (Å²) in [6.07, 6.45) is -23.3. The van der Waals surface area contributed by atoms with E-state index in [0.717, 1.165) is 0 Å². The van der Waals surface area contributed by atoms with Crippen LogP contribution in [0, 0.1) is 11.8 Å². The van der Waals surface area contributed by atoms with Crippen LogP contribution in [0.4, 0.5) is 0 Å². The first-order valence-electron chi connectivity index (χ1n) is 16.6. The zero-order valence-electron chi connectivity index (χ0n) is 26.5. The number of aliphatic carboxylic acids is 1. The summed E-state index contributed by atoms with van der Waals surface area (Å²) in [4.78, 5) is 23.0. The van der Waals surface area contributed by atoms with Gasteiger partial charge in [-0.2, -0.15) is 0 Å². The summed E-state index contributed by atoms with van der Waals surface area (Å²) in [5.41, 5.74) is 0. The van der Waals surface area contributed by atoms with Crippen LogP contribution >= 0.6 is 0 Å². The summed E-state index contributed by atoms with van der Waals surface area (Å²) < 4.78 is 34.6. The van der Waals surface area contributed by atoms with Crippen LogP contribution in [0.25, 0.3) is 0 Å². The summed E-state index contributed by atoms with van der Waals surface area (Å²) in [6, 6.07) is 0. The SMILES string of the molecule is O=C(O)CC(=O)OCC1OC(OC2CC3C(O)CC(O)CC3OC2C2CCC(O)C(O)C2)C(O)C(OC2OC(CO)C(O)C(O)C2O)C1O. The van der Waals surface area contributed by atoms with Crippen molar-refractivity contribution in [3.63, 3.8) is 0 Å². The number of ether oxygens (including phenoxy) is 6. The Morgan fingerprint density at radius 1 is 0.673 bits per heavy atom. The van der Waals surface area contributed by atoms with Gasteiger partial charge in [-0.05, 0) is 44.4 Å². The summed E-state index contributed by atoms with van der Waals surface area (Å²) in [5.74, 6) is -3.53. The molecule has 0 radical (unpaired) electrons. The molecule has 0 aromatic rings. The maximum atomic E-state index is 12.0. The molecule has 2 saturated carbocycles. The van der Waals surface area contributed by atoms with Gasteiger partial charge in [-0.25, -0.2) is 0 Å². The lowest BCUT2D eigenvalue weighted by Crippen LogP contribution is -2.66. The second-order valence-corrected chi connectivity index (χ2v) is 13.7. The van der Waals surface area contributed by atoms with Crippen molar-refractivity contribution in [1.29, 1.82) is 0 Å². The number of carboxylic acids is 1. The van der Waals surface area contributed by atoms with Crippen LogP contribution in [0.1, 0.15) is 44.9 Å². The highest BCUT2D eigenvalue weighted by molar-refractivity contribution is 5.90. The fourth-order valence-electron chi connectivity index (χ4n) is 7.58. The second kappa shape index (κ2) is 16.3. The number of aliphatic hydroxyl groups is 10. The quantitative estimate of drug-likeness (QED) is 0.0745. The molecule has 49 heavy (non-hydrogen) atoms. The molecule has 0 aromatic heterocycles. The van der Waals surface area contributed by atoms with E-state index in [2.05, 4.69) is 0 Å². The number of carbonyl (C=O) groups is 2. The van der Waals surface area contributed by atoms with E-state index in [1.54, 1.807) is 0 Å². The third-order valence-electron chi connectivity index (χ3n) is 10.3. The fraction of sp³-hybridized carbons (Fsp3) is 0.933. The van der Waals surface area contributed by atoms with Crippen molar-refractivity contribution in [2.45, 2.75) is 149 Å². The first-order valence-corrected chi connectivity index (χ1v) is 16.6. The number of carboxylic acid groups (broad SMARTS) is 1. The van der Waals surface area contributed by atoms with Gasteiger partial charge in [0.2, 0.25) is 0 Å². The molecule has 2 aliphatic carbocycles. The average Bonchev–Trinajstić information content (AvgIpc) is 3.04. The standard InChI is InChI=1S/C30H48O19/c31-8-18-22(39)24(41)25(42)29(47-18)49-28-23(40)19(9-44-21(38)7-20(36)37)48-30(26(28)43)46-17-6-12-14(34)4-11(32)5-16(12)45-27(17)10-1-2-13(33)15(35)3-10/h10-19,22-35,39-43H,1-9H2,(H,36,37). The maximum Gasteiger partial charge on any atom is 0.317 e. The molecule has 3 saturated heterocycles. The van der Waals surface area contributed by atoms with Gasteiger partial charge in [0.1, 0.15) is 61.9 Å². The molecule has 5 aliphatic rings. The minimum Gasteiger partial charge on any atom is -0.481 e. The summed E-state index contributed by atoms with van der Waals surface area (Å²) in [7, 11) is 0. The maximum absolute atomic E-state index is 12.0. The predicted octanol–water partition coefficient (Wildman–Crippen LogP) is -5.17. The molecule has 19 nitrogen and oxygen atoms in total. The molecule has 282 valence electrons. The van der Waals surface area contributed by atoms with Crippen molar-refractivity contribution in [3.8, 4) is 0 Å². The van der Waals surface area contributed by atoms with Gasteiger partial charge in [-0.3, -0.25) is 9.59 Å². The van der Waals surface area contributed by atoms with Crippen molar-refractivity contribution in [2.24, 2.45) is 11.8 Å². The summed E-state index contributed by atoms with van der Waals surface area (Å²) in [5, 5.41) is 114. The zero-order chi connectivity index (χ0) is 35.7. The Bertz CT molecular complexity index is 1110. The lowest BCUT2D eigenvalue weighted by molar-refractivity contribution is -0.370. The highest BCUT2D eigenvalue weighted by atomic mass is 16.7. The second-order valence-electron chi connectivity index (χ2n) is 13.7. The van der Waals surface area contributed by atoms with Crippen LogP contribution < -0.4 is 0 Å². The van der Waals surface area contributed by atoms with Gasteiger partial charge >= 0.3 is 11.9 Å². The summed E-state index contributed by atoms with van der Waals surface area (Å²) >= 11 is 0. The normalized spacial score (nSPS) is 49.1. The van der Waals surface area contributed by atoms with Crippen molar-refractivity contribution in [1.82, 2.24) is 0 Å². The van der Waals surface area contributed by atoms with E-state index in [-0.39, 0.29) is 38.0 Å². The molecule has 0 bridgehead atoms. The number of hydrogen-bond donors (Lipinski definition) is 11. The van der Waals surface area contributed by atoms with Crippen molar-refractivity contribution >= 4 is 11.9 Å². The number of esters is 1. The third-order valence-corrected chi connectivity index (χ3v) is 10.3. The molecule has 3 aliphatic heterocycles. The highest BCUT2D eigenvalue weighted by Crippen LogP contribution is 2.43. The predicted molar refractivity (Wildman–Crippen MR) is 155 cm³/mol. The average molecular weight is 713 g/mol. The molecule has 0 amide bonds. The number of carbonyl (C=O) groups excluding carboxylic acids is 1. The Balaban J connectivity index is 1.39. The van der Waals surface area contributed by atoms with Crippen LogP contribution in [-0.4, -0.2) is 185 Å². The molecule has 19 atom stereocenters. The largest absolute Gasteiger partial charge is 0.481 e. The van der Waals surface area contributed by atoms with Crippen molar-refractivity contribution < 1.29 is 94.2 Å². The Labute approximate surface area is 280 Å². The monoisotopic (exact) mass is 712 g/mol. The Morgan fingerprint density at radius 2 is 1.37 bits per heavy atom. The minimum absolute atomic E-state index is 0.0871. The number of rotatable bonds is 10. The van der Waals surface area contributed by atoms with Crippen LogP contribution in [0.2, 0.25) is 0 Å². The first-order chi connectivity index (χ1) is 23.2. The van der Waals surface area contributed by atoms with E-state index in [1.807, 2.05) is 0 Å². The number of fused-ring (bicyclic) bond motifs is 1. The Morgan fingerprint density at radius 3 is 2.04 bits per heavy atom. The summed E-state index contributed by atoms with van der Waals surface area (Å²) in [6.45, 7) is -1.54. The fourth-order valence-corrected chi connectivity index (χ4v) is 7.58. The molecular formula is C30H48O19. The van der Waals surface area contributed by atoms with Gasteiger partial charge in [0, 0.05) is 5.92 Å². The van der Waals surface area contributed by atoms with Gasteiger partial charge in [-0.15, -0.1) is 0 Å². The topological polar surface area (TPSA) is 312 Å². The molecule has 5 rings (SSSR count). The van der Waals surface area contributed by atoms with Crippen molar-refractivity contribution in [3.05, 3.63) is 0 Å². The molecule has 11 N–H and O–H groups in total. The molecule has 19 heteroatoms. The molecule has 19 unspecified atom stereocenters. The van der Waals surface area contributed by atoms with E-state index in [9.17, 15) is 60.7 Å². The molecule has 0 spiro atoms. The lowest BCUT2D eigenvalue weighted by Gasteiger charge is -2.51. The van der Waals surface area contributed by atoms with Gasteiger partial charge < -0.3 is 84.6 Å². The minimum atomic E-state index is -1.92. The van der Waals surface area contributed by atoms with Gasteiger partial charge in [0.15, 0.2) is 12.6 Å². The Hall–Kier alpha value is -1.66. The molecular weight excluding hydrogens is 664 g/mol. The van der Waals surface area contributed by atoms with E-state index in [0.29, 0.717) is 6.42 Å². The number of hydrogen-bond acceptors (Lipinski definition) is 18. The molecule has 5 fully saturated rings. The first kappa shape index (κ1) is 38.6. The molecule has 0 aromatic carbocycles. The van der Waals surface area contributed by atoms with Crippen LogP contribution in [-0.2, 0) is 38.0 Å². The van der Waals surface area contributed by atoms with E-state index < -0.39 is 142 Å². The molecule has 3 heterocycles. The lowest BCUT2D eigenvalue weighted by atomic mass is 9.72. The van der Waals surface area contributed by atoms with Crippen LogP contribution in [0.15, 0.2) is 0 Å². The van der Waals surface area contributed by atoms with E-state index in [4.69, 9.17) is 33.5 Å². The zero-order valence-corrected chi connectivity index (χ0v) is 26.5. The highest BCUT2D eigenvalue weighted by Gasteiger charge is 2.54.